The average Bonchev–Trinajstić information content (AvgIpc) is 3.74. The summed E-state index contributed by atoms with van der Waals surface area (Å²) < 4.78 is 68.6. The van der Waals surface area contributed by atoms with Gasteiger partial charge in [-0.2, -0.15) is 10.2 Å². The summed E-state index contributed by atoms with van der Waals surface area (Å²) in [5, 5.41) is 17.8. The Kier molecular flexibility index (Phi) is 11.9. The molecule has 10 nitrogen and oxygen atoms in total. The van der Waals surface area contributed by atoms with Gasteiger partial charge in [0.15, 0.2) is 0 Å². The van der Waals surface area contributed by atoms with Gasteiger partial charge in [0.2, 0.25) is 0 Å². The van der Waals surface area contributed by atoms with Crippen molar-refractivity contribution in [2.24, 2.45) is 0 Å². The summed E-state index contributed by atoms with van der Waals surface area (Å²) >= 11 is 23.8. The number of aromatic nitrogens is 6. The number of hydrogen-bond donors (Lipinski definition) is 1. The highest BCUT2D eigenvalue weighted by Crippen LogP contribution is 2.36. The van der Waals surface area contributed by atoms with Crippen molar-refractivity contribution < 1.29 is 27.4 Å². The summed E-state index contributed by atoms with van der Waals surface area (Å²) in [6.45, 7) is 3.37. The van der Waals surface area contributed by atoms with Crippen molar-refractivity contribution >= 4 is 46.4 Å². The summed E-state index contributed by atoms with van der Waals surface area (Å²) in [6, 6.07) is 6.06. The Labute approximate surface area is 317 Å². The van der Waals surface area contributed by atoms with E-state index in [-0.39, 0.29) is 58.3 Å². The van der Waals surface area contributed by atoms with Crippen LogP contribution in [0.3, 0.4) is 0 Å². The smallest absolute Gasteiger partial charge is 0.269 e. The fourth-order valence-corrected chi connectivity index (χ4v) is 6.04. The minimum absolute atomic E-state index is 0.0323. The van der Waals surface area contributed by atoms with Crippen LogP contribution in [-0.4, -0.2) is 40.4 Å². The molecule has 6 aromatic rings. The van der Waals surface area contributed by atoms with E-state index in [4.69, 9.17) is 57.6 Å². The average molecular weight is 810 g/mol. The van der Waals surface area contributed by atoms with Crippen LogP contribution in [0, 0.1) is 35.6 Å². The lowest BCUT2D eigenvalue weighted by Crippen LogP contribution is -2.24. The van der Waals surface area contributed by atoms with Crippen molar-refractivity contribution in [3.05, 3.63) is 125 Å². The monoisotopic (exact) mass is 808 g/mol. The quantitative estimate of drug-likeness (QED) is 0.122. The highest BCUT2D eigenvalue weighted by atomic mass is 35.5. The van der Waals surface area contributed by atoms with Gasteiger partial charge in [-0.1, -0.05) is 52.3 Å². The predicted molar refractivity (Wildman–Crippen MR) is 194 cm³/mol. The van der Waals surface area contributed by atoms with Gasteiger partial charge in [0.1, 0.15) is 51.4 Å². The number of benzene rings is 2. The largest absolute Gasteiger partial charge is 0.508 e. The fraction of sp³-hybridized carbons (Fsp3) is 0.143. The zero-order valence-electron chi connectivity index (χ0n) is 27.4. The number of ether oxygens (including phenoxy) is 1. The standard InChI is InChI=1S/C19H13Cl2F2N3O2.C16H11Cl2F2N3O2/c1-3-5-28-12-6-14(22)17(15(23)7-12)18-16(26-10-11(20)9-24-26)8-13(21)19(27)25(18)4-2;1-2-22-15(14-11(19)3-9(24)4-12(14)20)13(5-10(18)16(22)25)23-7-8(17)6-21-23/h1,6-10H,4-5H2,2H3;3-7,24H,2H2,1H3. The molecule has 0 unspecified atom stereocenters. The molecule has 2 aromatic carbocycles. The maximum atomic E-state index is 14.9. The highest BCUT2D eigenvalue weighted by molar-refractivity contribution is 6.31. The number of rotatable bonds is 8. The second-order valence-electron chi connectivity index (χ2n) is 10.8. The maximum Gasteiger partial charge on any atom is 0.269 e. The second-order valence-corrected chi connectivity index (χ2v) is 12.5. The van der Waals surface area contributed by atoms with E-state index in [1.807, 2.05) is 0 Å². The van der Waals surface area contributed by atoms with E-state index in [0.717, 1.165) is 33.4 Å². The molecule has 0 aliphatic carbocycles. The number of terminal acetylenes is 1. The Morgan fingerprint density at radius 1 is 0.717 bits per heavy atom. The molecule has 1 N–H and O–H groups in total. The van der Waals surface area contributed by atoms with Gasteiger partial charge in [-0.3, -0.25) is 9.59 Å². The number of phenols is 1. The third-order valence-electron chi connectivity index (χ3n) is 7.52. The highest BCUT2D eigenvalue weighted by Gasteiger charge is 2.25. The Morgan fingerprint density at radius 3 is 1.45 bits per heavy atom. The van der Waals surface area contributed by atoms with Crippen molar-refractivity contribution in [2.75, 3.05) is 6.61 Å². The molecule has 0 saturated heterocycles. The van der Waals surface area contributed by atoms with E-state index >= 15 is 0 Å². The molecule has 0 aliphatic heterocycles. The normalized spacial score (nSPS) is 10.9. The molecular weight excluding hydrogens is 786 g/mol. The Morgan fingerprint density at radius 2 is 1.11 bits per heavy atom. The van der Waals surface area contributed by atoms with Crippen LogP contribution in [-0.2, 0) is 13.1 Å². The first-order chi connectivity index (χ1) is 25.2. The minimum Gasteiger partial charge on any atom is -0.508 e. The van der Waals surface area contributed by atoms with Crippen molar-refractivity contribution in [3.63, 3.8) is 0 Å². The summed E-state index contributed by atoms with van der Waals surface area (Å²) in [7, 11) is 0. The topological polar surface area (TPSA) is 109 Å². The van der Waals surface area contributed by atoms with Gasteiger partial charge in [0, 0.05) is 49.7 Å². The van der Waals surface area contributed by atoms with Crippen LogP contribution in [0.15, 0.2) is 70.8 Å². The third kappa shape index (κ3) is 7.93. The van der Waals surface area contributed by atoms with Crippen molar-refractivity contribution in [3.8, 4) is 57.7 Å². The van der Waals surface area contributed by atoms with Crippen LogP contribution in [0.5, 0.6) is 11.5 Å². The molecule has 0 spiro atoms. The lowest BCUT2D eigenvalue weighted by molar-refractivity contribution is 0.365. The summed E-state index contributed by atoms with van der Waals surface area (Å²) in [6.07, 6.45) is 10.6. The first-order valence-corrected chi connectivity index (χ1v) is 16.7. The number of nitrogens with zero attached hydrogens (tertiary/aromatic N) is 6. The number of hydrogen-bond acceptors (Lipinski definition) is 6. The summed E-state index contributed by atoms with van der Waals surface area (Å²) in [5.41, 5.74) is -1.84. The van der Waals surface area contributed by atoms with E-state index in [9.17, 15) is 32.3 Å². The molecule has 6 rings (SSSR count). The molecule has 0 amide bonds. The molecule has 0 bridgehead atoms. The first-order valence-electron chi connectivity index (χ1n) is 15.2. The number of phenolic OH excluding ortho intramolecular Hbond substituents is 1. The van der Waals surface area contributed by atoms with Crippen molar-refractivity contribution in [1.82, 2.24) is 28.7 Å². The molecule has 0 aliphatic rings. The van der Waals surface area contributed by atoms with Gasteiger partial charge < -0.3 is 19.0 Å². The van der Waals surface area contributed by atoms with Crippen LogP contribution < -0.4 is 15.9 Å². The van der Waals surface area contributed by atoms with Gasteiger partial charge in [-0.05, 0) is 26.0 Å². The zero-order valence-corrected chi connectivity index (χ0v) is 30.4. The van der Waals surface area contributed by atoms with E-state index in [0.29, 0.717) is 10.0 Å². The fourth-order valence-electron chi connectivity index (χ4n) is 5.35. The number of aromatic hydroxyl groups is 1. The van der Waals surface area contributed by atoms with Crippen LogP contribution in [0.4, 0.5) is 17.6 Å². The molecule has 53 heavy (non-hydrogen) atoms. The lowest BCUT2D eigenvalue weighted by atomic mass is 10.1. The molecule has 0 radical (unpaired) electrons. The number of pyridine rings is 2. The second kappa shape index (κ2) is 16.2. The van der Waals surface area contributed by atoms with Crippen LogP contribution >= 0.6 is 46.4 Å². The van der Waals surface area contributed by atoms with Gasteiger partial charge in [-0.15, -0.1) is 6.42 Å². The van der Waals surface area contributed by atoms with Gasteiger partial charge in [0.05, 0.1) is 56.3 Å². The molecule has 4 heterocycles. The third-order valence-corrected chi connectivity index (χ3v) is 8.45. The van der Waals surface area contributed by atoms with E-state index in [2.05, 4.69) is 16.1 Å². The Bertz CT molecular complexity index is 2480. The summed E-state index contributed by atoms with van der Waals surface area (Å²) in [4.78, 5) is 24.9. The predicted octanol–water partition coefficient (Wildman–Crippen LogP) is 8.33. The van der Waals surface area contributed by atoms with Crippen molar-refractivity contribution in [1.29, 1.82) is 0 Å². The molecule has 274 valence electrons. The minimum atomic E-state index is -1.03. The van der Waals surface area contributed by atoms with E-state index in [1.165, 1.54) is 46.3 Å². The molecule has 0 atom stereocenters. The van der Waals surface area contributed by atoms with Crippen LogP contribution in [0.1, 0.15) is 13.8 Å². The molecule has 0 fully saturated rings. The summed E-state index contributed by atoms with van der Waals surface area (Å²) in [5.74, 6) is -2.35. The van der Waals surface area contributed by atoms with Gasteiger partial charge in [-0.25, -0.2) is 26.9 Å². The molecule has 4 aromatic heterocycles. The van der Waals surface area contributed by atoms with Crippen LogP contribution in [0.25, 0.3) is 33.9 Å². The SMILES string of the molecule is C#CCOc1cc(F)c(-c2c(-n3cc(Cl)cn3)cc(Cl)c(=O)n2CC)c(F)c1.CCn1c(-c2c(F)cc(O)cc2F)c(-n2cc(Cl)cn2)cc(Cl)c1=O. The molecule has 18 heteroatoms. The number of halogens is 8. The van der Waals surface area contributed by atoms with Gasteiger partial charge >= 0.3 is 0 Å². The Balaban J connectivity index is 0.000000206. The van der Waals surface area contributed by atoms with Gasteiger partial charge in [0.25, 0.3) is 11.1 Å². The van der Waals surface area contributed by atoms with E-state index < -0.39 is 51.3 Å². The zero-order chi connectivity index (χ0) is 38.7. The van der Waals surface area contributed by atoms with Crippen molar-refractivity contribution in [2.45, 2.75) is 26.9 Å². The van der Waals surface area contributed by atoms with E-state index in [1.54, 1.807) is 13.8 Å². The van der Waals surface area contributed by atoms with Crippen LogP contribution in [0.2, 0.25) is 20.1 Å². The first kappa shape index (κ1) is 39.0. The Hall–Kier alpha value is -5.20. The molecular formula is C35H24Cl4F4N6O4. The lowest BCUT2D eigenvalue weighted by Gasteiger charge is -2.18. The maximum absolute atomic E-state index is 14.9. The molecule has 0 saturated carbocycles.